The summed E-state index contributed by atoms with van der Waals surface area (Å²) < 4.78 is 10.5. The van der Waals surface area contributed by atoms with Crippen LogP contribution in [0.2, 0.25) is 0 Å². The summed E-state index contributed by atoms with van der Waals surface area (Å²) in [4.78, 5) is 0. The standard InChI is InChI=1S/C8H18O.C6H14O3/c1-7(2,3)9-8(4,5)6;1-5(7)3-9-4-6(2)8/h1-6H3;5-8H,3-4H2,1-2H3. The van der Waals surface area contributed by atoms with Crippen molar-refractivity contribution < 1.29 is 19.7 Å². The molecule has 0 aliphatic rings. The molecule has 0 aromatic carbocycles. The second-order valence-corrected chi connectivity index (χ2v) is 6.56. The van der Waals surface area contributed by atoms with E-state index in [1.165, 1.54) is 0 Å². The van der Waals surface area contributed by atoms with E-state index in [1.54, 1.807) is 13.8 Å². The van der Waals surface area contributed by atoms with Gasteiger partial charge in [-0.2, -0.15) is 0 Å². The van der Waals surface area contributed by atoms with Crippen LogP contribution in [0.25, 0.3) is 0 Å². The molecule has 112 valence electrons. The second kappa shape index (κ2) is 8.86. The van der Waals surface area contributed by atoms with Gasteiger partial charge in [0.1, 0.15) is 0 Å². The number of aliphatic hydroxyl groups is 2. The highest BCUT2D eigenvalue weighted by Crippen LogP contribution is 2.17. The topological polar surface area (TPSA) is 58.9 Å². The maximum atomic E-state index is 8.66. The monoisotopic (exact) mass is 264 g/mol. The smallest absolute Gasteiger partial charge is 0.0745 e. The molecule has 2 atom stereocenters. The minimum Gasteiger partial charge on any atom is -0.391 e. The summed E-state index contributed by atoms with van der Waals surface area (Å²) in [5.74, 6) is 0. The molecule has 18 heavy (non-hydrogen) atoms. The highest BCUT2D eigenvalue weighted by atomic mass is 16.5. The van der Waals surface area contributed by atoms with Gasteiger partial charge in [0, 0.05) is 0 Å². The first-order valence-corrected chi connectivity index (χ1v) is 6.47. The number of rotatable bonds is 4. The Morgan fingerprint density at radius 3 is 1.17 bits per heavy atom. The lowest BCUT2D eigenvalue weighted by Crippen LogP contribution is -2.31. The Morgan fingerprint density at radius 2 is 1.06 bits per heavy atom. The molecule has 2 unspecified atom stereocenters. The second-order valence-electron chi connectivity index (χ2n) is 6.56. The van der Waals surface area contributed by atoms with Gasteiger partial charge < -0.3 is 19.7 Å². The lowest BCUT2D eigenvalue weighted by atomic mass is 10.1. The van der Waals surface area contributed by atoms with Gasteiger partial charge in [0.2, 0.25) is 0 Å². The van der Waals surface area contributed by atoms with Crippen LogP contribution in [-0.4, -0.2) is 46.8 Å². The molecule has 0 aliphatic heterocycles. The van der Waals surface area contributed by atoms with Gasteiger partial charge in [-0.05, 0) is 55.4 Å². The van der Waals surface area contributed by atoms with E-state index in [1.807, 2.05) is 0 Å². The summed E-state index contributed by atoms with van der Waals surface area (Å²) in [6, 6.07) is 0. The molecule has 4 heteroatoms. The number of ether oxygens (including phenoxy) is 2. The van der Waals surface area contributed by atoms with Crippen LogP contribution in [-0.2, 0) is 9.47 Å². The van der Waals surface area contributed by atoms with Crippen molar-refractivity contribution in [3.05, 3.63) is 0 Å². The first-order valence-electron chi connectivity index (χ1n) is 6.47. The summed E-state index contributed by atoms with van der Waals surface area (Å²) in [7, 11) is 0. The number of aliphatic hydroxyl groups excluding tert-OH is 2. The minimum absolute atomic E-state index is 0.0156. The van der Waals surface area contributed by atoms with Crippen LogP contribution >= 0.6 is 0 Å². The van der Waals surface area contributed by atoms with Crippen molar-refractivity contribution in [2.75, 3.05) is 13.2 Å². The predicted molar refractivity (Wildman–Crippen MR) is 74.8 cm³/mol. The predicted octanol–water partition coefficient (Wildman–Crippen LogP) is 2.36. The SMILES string of the molecule is CC(C)(C)OC(C)(C)C.CC(O)COCC(C)O. The van der Waals surface area contributed by atoms with Crippen LogP contribution < -0.4 is 0 Å². The highest BCUT2D eigenvalue weighted by Gasteiger charge is 2.19. The van der Waals surface area contributed by atoms with Crippen LogP contribution in [0.5, 0.6) is 0 Å². The fraction of sp³-hybridized carbons (Fsp3) is 1.00. The van der Waals surface area contributed by atoms with Gasteiger partial charge in [0.15, 0.2) is 0 Å². The van der Waals surface area contributed by atoms with Gasteiger partial charge in [-0.1, -0.05) is 0 Å². The molecule has 0 aromatic heterocycles. The van der Waals surface area contributed by atoms with Crippen molar-refractivity contribution in [1.29, 1.82) is 0 Å². The van der Waals surface area contributed by atoms with E-state index < -0.39 is 12.2 Å². The zero-order valence-electron chi connectivity index (χ0n) is 13.3. The third-order valence-corrected chi connectivity index (χ3v) is 1.33. The zero-order valence-corrected chi connectivity index (χ0v) is 13.3. The Hall–Kier alpha value is -0.160. The van der Waals surface area contributed by atoms with E-state index in [4.69, 9.17) is 19.7 Å². The molecule has 0 saturated heterocycles. The van der Waals surface area contributed by atoms with Crippen LogP contribution in [0.15, 0.2) is 0 Å². The third-order valence-electron chi connectivity index (χ3n) is 1.33. The van der Waals surface area contributed by atoms with Crippen molar-refractivity contribution in [1.82, 2.24) is 0 Å². The molecular formula is C14H32O4. The van der Waals surface area contributed by atoms with Crippen LogP contribution in [0.4, 0.5) is 0 Å². The lowest BCUT2D eigenvalue weighted by molar-refractivity contribution is -0.102. The molecule has 0 rings (SSSR count). The molecule has 0 bridgehead atoms. The molecule has 2 N–H and O–H groups in total. The first kappa shape index (κ1) is 20.2. The summed E-state index contributed by atoms with van der Waals surface area (Å²) in [6.07, 6.45) is -0.882. The van der Waals surface area contributed by atoms with E-state index in [9.17, 15) is 0 Å². The fourth-order valence-corrected chi connectivity index (χ4v) is 1.33. The molecule has 0 heterocycles. The van der Waals surface area contributed by atoms with Gasteiger partial charge in [-0.15, -0.1) is 0 Å². The first-order chi connectivity index (χ1) is 7.83. The average Bonchev–Trinajstić information content (AvgIpc) is 1.95. The van der Waals surface area contributed by atoms with E-state index in [-0.39, 0.29) is 11.2 Å². The van der Waals surface area contributed by atoms with Gasteiger partial charge in [0.05, 0.1) is 36.6 Å². The lowest BCUT2D eigenvalue weighted by Gasteiger charge is -2.30. The summed E-state index contributed by atoms with van der Waals surface area (Å²) in [6.45, 7) is 16.3. The summed E-state index contributed by atoms with van der Waals surface area (Å²) in [5, 5.41) is 17.3. The Labute approximate surface area is 112 Å². The quantitative estimate of drug-likeness (QED) is 0.818. The summed E-state index contributed by atoms with van der Waals surface area (Å²) in [5.41, 5.74) is -0.0312. The molecule has 4 nitrogen and oxygen atoms in total. The minimum atomic E-state index is -0.441. The van der Waals surface area contributed by atoms with Crippen LogP contribution in [0, 0.1) is 0 Å². The van der Waals surface area contributed by atoms with E-state index in [2.05, 4.69) is 41.5 Å². The highest BCUT2D eigenvalue weighted by molar-refractivity contribution is 4.68. The van der Waals surface area contributed by atoms with Crippen molar-refractivity contribution in [3.8, 4) is 0 Å². The Balaban J connectivity index is 0. The molecule has 0 amide bonds. The molecule has 0 spiro atoms. The normalized spacial score (nSPS) is 15.7. The van der Waals surface area contributed by atoms with Gasteiger partial charge in [0.25, 0.3) is 0 Å². The Bertz CT molecular complexity index is 167. The molecule has 0 saturated carbocycles. The molecule has 0 aliphatic carbocycles. The van der Waals surface area contributed by atoms with Crippen LogP contribution in [0.1, 0.15) is 55.4 Å². The van der Waals surface area contributed by atoms with Crippen molar-refractivity contribution in [3.63, 3.8) is 0 Å². The zero-order chi connectivity index (χ0) is 15.0. The van der Waals surface area contributed by atoms with Gasteiger partial charge >= 0.3 is 0 Å². The molecule has 0 fully saturated rings. The van der Waals surface area contributed by atoms with Crippen molar-refractivity contribution in [2.24, 2.45) is 0 Å². The maximum Gasteiger partial charge on any atom is 0.0745 e. The van der Waals surface area contributed by atoms with Crippen LogP contribution in [0.3, 0.4) is 0 Å². The largest absolute Gasteiger partial charge is 0.391 e. The Morgan fingerprint density at radius 1 is 0.778 bits per heavy atom. The molecule has 0 radical (unpaired) electrons. The average molecular weight is 264 g/mol. The van der Waals surface area contributed by atoms with Crippen molar-refractivity contribution >= 4 is 0 Å². The number of hydrogen-bond acceptors (Lipinski definition) is 4. The van der Waals surface area contributed by atoms with E-state index in [0.29, 0.717) is 13.2 Å². The number of hydrogen-bond donors (Lipinski definition) is 2. The van der Waals surface area contributed by atoms with E-state index in [0.717, 1.165) is 0 Å². The fourth-order valence-electron chi connectivity index (χ4n) is 1.33. The molecular weight excluding hydrogens is 232 g/mol. The van der Waals surface area contributed by atoms with Gasteiger partial charge in [-0.25, -0.2) is 0 Å². The van der Waals surface area contributed by atoms with E-state index >= 15 is 0 Å². The van der Waals surface area contributed by atoms with Crippen molar-refractivity contribution in [2.45, 2.75) is 78.8 Å². The maximum absolute atomic E-state index is 8.66. The molecule has 0 aromatic rings. The summed E-state index contributed by atoms with van der Waals surface area (Å²) >= 11 is 0. The Kier molecular flexibility index (Phi) is 9.92. The van der Waals surface area contributed by atoms with Gasteiger partial charge in [-0.3, -0.25) is 0 Å². The third kappa shape index (κ3) is 24.9.